The summed E-state index contributed by atoms with van der Waals surface area (Å²) in [4.78, 5) is 0.384. The highest BCUT2D eigenvalue weighted by Crippen LogP contribution is 2.35. The van der Waals surface area contributed by atoms with Gasteiger partial charge in [-0.3, -0.25) is 0 Å². The quantitative estimate of drug-likeness (QED) is 0.859. The van der Waals surface area contributed by atoms with Gasteiger partial charge in [0.25, 0.3) is 0 Å². The number of nitriles is 1. The van der Waals surface area contributed by atoms with Crippen LogP contribution >= 0.6 is 11.8 Å². The predicted octanol–water partition coefficient (Wildman–Crippen LogP) is 3.44. The van der Waals surface area contributed by atoms with Gasteiger partial charge in [0.05, 0.1) is 23.3 Å². The van der Waals surface area contributed by atoms with Crippen LogP contribution in [0.25, 0.3) is 0 Å². The molecule has 0 amide bonds. The Morgan fingerprint density at radius 1 is 1.33 bits per heavy atom. The zero-order valence-corrected chi connectivity index (χ0v) is 10.6. The minimum Gasteiger partial charge on any atom is -0.392 e. The number of alkyl halides is 3. The Labute approximate surface area is 107 Å². The smallest absolute Gasteiger partial charge is 0.392 e. The lowest BCUT2D eigenvalue weighted by Crippen LogP contribution is -2.15. The Balaban J connectivity index is 3.09. The van der Waals surface area contributed by atoms with Crippen molar-refractivity contribution in [1.29, 1.82) is 5.26 Å². The van der Waals surface area contributed by atoms with Crippen molar-refractivity contribution in [2.45, 2.75) is 36.3 Å². The molecule has 0 heterocycles. The molecule has 0 saturated carbocycles. The fourth-order valence-electron chi connectivity index (χ4n) is 1.24. The van der Waals surface area contributed by atoms with E-state index < -0.39 is 23.4 Å². The van der Waals surface area contributed by atoms with E-state index >= 15 is 0 Å². The maximum Gasteiger partial charge on any atom is 0.417 e. The summed E-state index contributed by atoms with van der Waals surface area (Å²) in [5.74, 6) is 0. The molecule has 98 valence electrons. The van der Waals surface area contributed by atoms with Crippen molar-refractivity contribution in [2.24, 2.45) is 0 Å². The number of benzene rings is 1. The van der Waals surface area contributed by atoms with Crippen molar-refractivity contribution in [2.75, 3.05) is 0 Å². The van der Waals surface area contributed by atoms with Gasteiger partial charge in [-0.1, -0.05) is 6.92 Å². The molecule has 0 radical (unpaired) electrons. The molecule has 0 aliphatic rings. The molecule has 0 aliphatic carbocycles. The first kappa shape index (κ1) is 14.9. The number of hydrogen-bond donors (Lipinski definition) is 1. The van der Waals surface area contributed by atoms with E-state index in [0.29, 0.717) is 4.90 Å². The molecule has 6 heteroatoms. The average molecular weight is 275 g/mol. The minimum atomic E-state index is -4.55. The van der Waals surface area contributed by atoms with E-state index in [4.69, 9.17) is 5.26 Å². The molecule has 1 N–H and O–H groups in total. The standard InChI is InChI=1S/C12H12F3NOS/c1-7(17)8(2)18-10-4-3-9(6-16)11(5-10)12(13,14)15/h3-5,7-8,17H,1-2H3. The van der Waals surface area contributed by atoms with Crippen molar-refractivity contribution in [3.05, 3.63) is 29.3 Å². The maximum absolute atomic E-state index is 12.7. The topological polar surface area (TPSA) is 44.0 Å². The lowest BCUT2D eigenvalue weighted by atomic mass is 10.1. The third-order valence-corrected chi connectivity index (χ3v) is 3.71. The molecule has 0 aromatic heterocycles. The second-order valence-electron chi connectivity index (χ2n) is 3.88. The summed E-state index contributed by atoms with van der Waals surface area (Å²) < 4.78 is 38.1. The Hall–Kier alpha value is -1.19. The summed E-state index contributed by atoms with van der Waals surface area (Å²) >= 11 is 1.14. The van der Waals surface area contributed by atoms with E-state index in [1.807, 2.05) is 0 Å². The van der Waals surface area contributed by atoms with Crippen LogP contribution < -0.4 is 0 Å². The van der Waals surface area contributed by atoms with Crippen LogP contribution in [0.1, 0.15) is 25.0 Å². The first-order valence-corrected chi connectivity index (χ1v) is 6.09. The second kappa shape index (κ2) is 5.63. The van der Waals surface area contributed by atoms with E-state index in [-0.39, 0.29) is 5.25 Å². The molecular weight excluding hydrogens is 263 g/mol. The molecule has 0 fully saturated rings. The maximum atomic E-state index is 12.7. The molecule has 0 spiro atoms. The zero-order valence-electron chi connectivity index (χ0n) is 9.82. The summed E-state index contributed by atoms with van der Waals surface area (Å²) in [6, 6.07) is 5.08. The van der Waals surface area contributed by atoms with Crippen molar-refractivity contribution >= 4 is 11.8 Å². The molecule has 2 unspecified atom stereocenters. The fraction of sp³-hybridized carbons (Fsp3) is 0.417. The van der Waals surface area contributed by atoms with Gasteiger partial charge in [0.1, 0.15) is 0 Å². The Kier molecular flexibility index (Phi) is 4.65. The van der Waals surface area contributed by atoms with Crippen LogP contribution in [0.4, 0.5) is 13.2 Å². The second-order valence-corrected chi connectivity index (χ2v) is 5.33. The van der Waals surface area contributed by atoms with E-state index in [9.17, 15) is 18.3 Å². The number of nitrogens with zero attached hydrogens (tertiary/aromatic N) is 1. The van der Waals surface area contributed by atoms with Crippen molar-refractivity contribution in [1.82, 2.24) is 0 Å². The first-order chi connectivity index (χ1) is 8.25. The van der Waals surface area contributed by atoms with Crippen LogP contribution in [0.3, 0.4) is 0 Å². The van der Waals surface area contributed by atoms with Crippen LogP contribution in [0.5, 0.6) is 0 Å². The van der Waals surface area contributed by atoms with E-state index in [1.54, 1.807) is 13.8 Å². The summed E-state index contributed by atoms with van der Waals surface area (Å²) in [5, 5.41) is 17.7. The van der Waals surface area contributed by atoms with E-state index in [2.05, 4.69) is 0 Å². The third-order valence-electron chi connectivity index (χ3n) is 2.42. The van der Waals surface area contributed by atoms with Crippen LogP contribution in [-0.4, -0.2) is 16.5 Å². The van der Waals surface area contributed by atoms with Gasteiger partial charge in [-0.15, -0.1) is 11.8 Å². The third kappa shape index (κ3) is 3.65. The highest BCUT2D eigenvalue weighted by molar-refractivity contribution is 8.00. The van der Waals surface area contributed by atoms with Crippen molar-refractivity contribution in [3.8, 4) is 6.07 Å². The Morgan fingerprint density at radius 3 is 2.39 bits per heavy atom. The van der Waals surface area contributed by atoms with E-state index in [1.165, 1.54) is 12.1 Å². The molecule has 18 heavy (non-hydrogen) atoms. The molecule has 1 aromatic carbocycles. The molecular formula is C12H12F3NOS. The molecule has 0 saturated heterocycles. The minimum absolute atomic E-state index is 0.223. The van der Waals surface area contributed by atoms with Gasteiger partial charge in [0.2, 0.25) is 0 Å². The monoisotopic (exact) mass is 275 g/mol. The van der Waals surface area contributed by atoms with Crippen LogP contribution in [0.15, 0.2) is 23.1 Å². The SMILES string of the molecule is CC(O)C(C)Sc1ccc(C#N)c(C(F)(F)F)c1. The van der Waals surface area contributed by atoms with Crippen molar-refractivity contribution in [3.63, 3.8) is 0 Å². The lowest BCUT2D eigenvalue weighted by molar-refractivity contribution is -0.137. The summed E-state index contributed by atoms with van der Waals surface area (Å²) in [6.45, 7) is 3.30. The van der Waals surface area contributed by atoms with Gasteiger partial charge in [-0.25, -0.2) is 0 Å². The normalized spacial score (nSPS) is 14.9. The largest absolute Gasteiger partial charge is 0.417 e. The van der Waals surface area contributed by atoms with Gasteiger partial charge >= 0.3 is 6.18 Å². The lowest BCUT2D eigenvalue weighted by Gasteiger charge is -2.15. The first-order valence-electron chi connectivity index (χ1n) is 5.21. The number of hydrogen-bond acceptors (Lipinski definition) is 3. The van der Waals surface area contributed by atoms with Crippen LogP contribution in [0.2, 0.25) is 0 Å². The van der Waals surface area contributed by atoms with E-state index in [0.717, 1.165) is 23.9 Å². The predicted molar refractivity (Wildman–Crippen MR) is 63.2 cm³/mol. The van der Waals surface area contributed by atoms with Gasteiger partial charge in [-0.05, 0) is 25.1 Å². The van der Waals surface area contributed by atoms with Gasteiger partial charge in [-0.2, -0.15) is 18.4 Å². The highest BCUT2D eigenvalue weighted by Gasteiger charge is 2.34. The summed E-state index contributed by atoms with van der Waals surface area (Å²) in [6.07, 6.45) is -5.17. The highest BCUT2D eigenvalue weighted by atomic mass is 32.2. The summed E-state index contributed by atoms with van der Waals surface area (Å²) in [5.41, 5.74) is -1.33. The molecule has 1 rings (SSSR count). The molecule has 2 atom stereocenters. The van der Waals surface area contributed by atoms with Crippen LogP contribution in [-0.2, 0) is 6.18 Å². The molecule has 2 nitrogen and oxygen atoms in total. The fourth-order valence-corrected chi connectivity index (χ4v) is 2.20. The molecule has 0 bridgehead atoms. The summed E-state index contributed by atoms with van der Waals surface area (Å²) in [7, 11) is 0. The van der Waals surface area contributed by atoms with Gasteiger partial charge in [0, 0.05) is 10.1 Å². The Bertz CT molecular complexity index is 465. The molecule has 1 aromatic rings. The number of halogens is 3. The molecule has 0 aliphatic heterocycles. The van der Waals surface area contributed by atoms with Gasteiger partial charge in [0.15, 0.2) is 0 Å². The van der Waals surface area contributed by atoms with Crippen LogP contribution in [0, 0.1) is 11.3 Å². The number of aliphatic hydroxyl groups is 1. The number of aliphatic hydroxyl groups excluding tert-OH is 1. The van der Waals surface area contributed by atoms with Crippen molar-refractivity contribution < 1.29 is 18.3 Å². The average Bonchev–Trinajstić information content (AvgIpc) is 2.27. The van der Waals surface area contributed by atoms with Gasteiger partial charge < -0.3 is 5.11 Å². The number of rotatable bonds is 3. The number of thioether (sulfide) groups is 1. The zero-order chi connectivity index (χ0) is 13.9. The Morgan fingerprint density at radius 2 is 1.94 bits per heavy atom.